The van der Waals surface area contributed by atoms with Gasteiger partial charge in [0, 0.05) is 39.5 Å². The van der Waals surface area contributed by atoms with E-state index in [-0.39, 0.29) is 0 Å². The van der Waals surface area contributed by atoms with Crippen LogP contribution in [0.2, 0.25) is 0 Å². The number of nitrogens with zero attached hydrogens (tertiary/aromatic N) is 3. The lowest BCUT2D eigenvalue weighted by Gasteiger charge is -2.62. The standard InChI is InChI=1S/C47H62N3P/c1-31-35(23-38-25-42(31)46(38,3)4)28-49(7)27-34-17-15-16-33-22-37(30-50(8)29-36-24-39-26-43(32(36)2)47(39,5)6)45(48-44(33)34)51(40-18-11-9-12-19-40)41-20-13-10-14-21-41/h9-22,31-32,35-36,38-39,42-43H,23-30H2,1-8H3/t31-,32-,35-,36-,38+,39+,42+,43+/m1/s1. The lowest BCUT2D eigenvalue weighted by molar-refractivity contribution is -0.132. The van der Waals surface area contributed by atoms with Gasteiger partial charge < -0.3 is 9.80 Å². The molecule has 1 aromatic heterocycles. The first-order valence-electron chi connectivity index (χ1n) is 20.1. The molecule has 0 aliphatic heterocycles. The molecule has 4 bridgehead atoms. The van der Waals surface area contributed by atoms with Crippen LogP contribution in [0.3, 0.4) is 0 Å². The highest BCUT2D eigenvalue weighted by Crippen LogP contribution is 2.64. The molecule has 6 aliphatic rings. The van der Waals surface area contributed by atoms with Crippen LogP contribution in [0.1, 0.15) is 78.4 Å². The molecule has 4 aromatic rings. The minimum absolute atomic E-state index is 0.531. The Hall–Kier alpha value is -2.58. The molecule has 1 heterocycles. The second kappa shape index (κ2) is 13.7. The largest absolute Gasteiger partial charge is 0.302 e. The number of aromatic nitrogens is 1. The van der Waals surface area contributed by atoms with Gasteiger partial charge in [0.25, 0.3) is 0 Å². The summed E-state index contributed by atoms with van der Waals surface area (Å²) in [5.74, 6) is 6.74. The highest BCUT2D eigenvalue weighted by Gasteiger charge is 2.57. The van der Waals surface area contributed by atoms with E-state index in [1.165, 1.54) is 76.8 Å². The van der Waals surface area contributed by atoms with E-state index in [0.29, 0.717) is 10.8 Å². The van der Waals surface area contributed by atoms with Crippen LogP contribution in [0.5, 0.6) is 0 Å². The van der Waals surface area contributed by atoms with Gasteiger partial charge in [0.2, 0.25) is 0 Å². The van der Waals surface area contributed by atoms with Gasteiger partial charge in [-0.15, -0.1) is 0 Å². The van der Waals surface area contributed by atoms with E-state index in [9.17, 15) is 0 Å². The summed E-state index contributed by atoms with van der Waals surface area (Å²) in [6.45, 7) is 19.4. The van der Waals surface area contributed by atoms with Crippen molar-refractivity contribution in [3.63, 3.8) is 0 Å². The number of hydrogen-bond donors (Lipinski definition) is 0. The maximum absolute atomic E-state index is 5.81. The van der Waals surface area contributed by atoms with Crippen LogP contribution >= 0.6 is 7.92 Å². The van der Waals surface area contributed by atoms with Gasteiger partial charge in [0.15, 0.2) is 0 Å². The number of benzene rings is 3. The Labute approximate surface area is 310 Å². The third-order valence-electron chi connectivity index (χ3n) is 15.2. The SMILES string of the molecule is C[C@@H]1[C@@H](CN(C)Cc2cc3cccc(CN(C)C[C@H]4C[C@H]5C[C@@H]([C@@H]4C)C5(C)C)c3nc2P(c2ccccc2)c2ccccc2)C[C@H]2C[C@@H]1C2(C)C. The van der Waals surface area contributed by atoms with Gasteiger partial charge >= 0.3 is 0 Å². The van der Waals surface area contributed by atoms with Gasteiger partial charge in [0.05, 0.1) is 11.0 Å². The first kappa shape index (κ1) is 35.4. The van der Waals surface area contributed by atoms with Gasteiger partial charge in [0.1, 0.15) is 0 Å². The summed E-state index contributed by atoms with van der Waals surface area (Å²) in [6, 6.07) is 31.9. The van der Waals surface area contributed by atoms with Gasteiger partial charge in [-0.05, 0) is 126 Å². The quantitative estimate of drug-likeness (QED) is 0.146. The molecule has 3 aromatic carbocycles. The molecule has 0 amide bonds. The lowest BCUT2D eigenvalue weighted by atomic mass is 9.43. The Morgan fingerprint density at radius 2 is 1.12 bits per heavy atom. The maximum atomic E-state index is 5.81. The molecule has 6 saturated carbocycles. The first-order chi connectivity index (χ1) is 24.4. The molecule has 4 heteroatoms. The van der Waals surface area contributed by atoms with Gasteiger partial charge in [-0.1, -0.05) is 120 Å². The van der Waals surface area contributed by atoms with Crippen molar-refractivity contribution < 1.29 is 0 Å². The fourth-order valence-corrected chi connectivity index (χ4v) is 14.1. The molecular weight excluding hydrogens is 638 g/mol. The molecular formula is C47H62N3P. The van der Waals surface area contributed by atoms with Crippen LogP contribution < -0.4 is 16.0 Å². The summed E-state index contributed by atoms with van der Waals surface area (Å²) in [6.07, 6.45) is 5.67. The van der Waals surface area contributed by atoms with E-state index in [4.69, 9.17) is 4.98 Å². The fraction of sp³-hybridized carbons (Fsp3) is 0.553. The predicted octanol–water partition coefficient (Wildman–Crippen LogP) is 9.49. The van der Waals surface area contributed by atoms with Crippen LogP contribution in [0.25, 0.3) is 10.9 Å². The Kier molecular flexibility index (Phi) is 9.51. The molecule has 10 rings (SSSR count). The Balaban J connectivity index is 1.12. The minimum Gasteiger partial charge on any atom is -0.302 e. The fourth-order valence-electron chi connectivity index (χ4n) is 11.8. The van der Waals surface area contributed by atoms with E-state index in [0.717, 1.165) is 60.4 Å². The molecule has 6 aliphatic carbocycles. The second-order valence-electron chi connectivity index (χ2n) is 18.8. The van der Waals surface area contributed by atoms with Crippen molar-refractivity contribution in [3.05, 3.63) is 96.1 Å². The summed E-state index contributed by atoms with van der Waals surface area (Å²) in [5.41, 5.74) is 6.29. The number of hydrogen-bond acceptors (Lipinski definition) is 3. The Bertz CT molecular complexity index is 1800. The molecule has 3 nitrogen and oxygen atoms in total. The molecule has 8 atom stereocenters. The zero-order valence-corrected chi connectivity index (χ0v) is 33.5. The zero-order chi connectivity index (χ0) is 35.7. The van der Waals surface area contributed by atoms with Gasteiger partial charge in [-0.2, -0.15) is 0 Å². The molecule has 0 radical (unpaired) electrons. The average Bonchev–Trinajstić information content (AvgIpc) is 3.11. The summed E-state index contributed by atoms with van der Waals surface area (Å²) in [7, 11) is 3.88. The van der Waals surface area contributed by atoms with Gasteiger partial charge in [-0.25, -0.2) is 4.98 Å². The maximum Gasteiger partial charge on any atom is 0.0773 e. The monoisotopic (exact) mass is 699 g/mol. The van der Waals surface area contributed by atoms with Crippen molar-refractivity contribution in [2.75, 3.05) is 27.2 Å². The van der Waals surface area contributed by atoms with E-state index in [1.807, 2.05) is 0 Å². The number of fused-ring (bicyclic) bond motifs is 5. The smallest absolute Gasteiger partial charge is 0.0773 e. The molecule has 0 N–H and O–H groups in total. The highest BCUT2D eigenvalue weighted by molar-refractivity contribution is 7.79. The van der Waals surface area contributed by atoms with Crippen LogP contribution in [0, 0.1) is 58.2 Å². The van der Waals surface area contributed by atoms with Crippen LogP contribution in [0.15, 0.2) is 84.9 Å². The summed E-state index contributed by atoms with van der Waals surface area (Å²) >= 11 is 0. The van der Waals surface area contributed by atoms with Crippen LogP contribution in [-0.2, 0) is 13.1 Å². The highest BCUT2D eigenvalue weighted by atomic mass is 31.1. The second-order valence-corrected chi connectivity index (χ2v) is 20.9. The topological polar surface area (TPSA) is 19.4 Å². The summed E-state index contributed by atoms with van der Waals surface area (Å²) in [4.78, 5) is 11.0. The van der Waals surface area contributed by atoms with E-state index in [2.05, 4.69) is 150 Å². The molecule has 0 saturated heterocycles. The van der Waals surface area contributed by atoms with Crippen LogP contribution in [-0.4, -0.2) is 42.0 Å². The molecule has 270 valence electrons. The lowest BCUT2D eigenvalue weighted by Crippen LogP contribution is -2.56. The molecule has 0 spiro atoms. The van der Waals surface area contributed by atoms with E-state index < -0.39 is 7.92 Å². The summed E-state index contributed by atoms with van der Waals surface area (Å²) in [5, 5.41) is 4.03. The first-order valence-corrected chi connectivity index (χ1v) is 21.4. The number of rotatable bonds is 11. The number of pyridine rings is 1. The van der Waals surface area contributed by atoms with E-state index >= 15 is 0 Å². The zero-order valence-electron chi connectivity index (χ0n) is 32.6. The van der Waals surface area contributed by atoms with Crippen molar-refractivity contribution in [2.45, 2.75) is 80.3 Å². The average molecular weight is 700 g/mol. The van der Waals surface area contributed by atoms with Crippen molar-refractivity contribution >= 4 is 34.9 Å². The molecule has 0 unspecified atom stereocenters. The Morgan fingerprint density at radius 1 is 0.627 bits per heavy atom. The third-order valence-corrected chi connectivity index (χ3v) is 17.7. The molecule has 51 heavy (non-hydrogen) atoms. The van der Waals surface area contributed by atoms with Crippen molar-refractivity contribution in [1.29, 1.82) is 0 Å². The van der Waals surface area contributed by atoms with Crippen molar-refractivity contribution in [3.8, 4) is 0 Å². The summed E-state index contributed by atoms with van der Waals surface area (Å²) < 4.78 is 0. The predicted molar refractivity (Wildman–Crippen MR) is 218 cm³/mol. The van der Waals surface area contributed by atoms with Crippen LogP contribution in [0.4, 0.5) is 0 Å². The van der Waals surface area contributed by atoms with Gasteiger partial charge in [-0.3, -0.25) is 0 Å². The normalized spacial score (nSPS) is 30.4. The Morgan fingerprint density at radius 3 is 1.59 bits per heavy atom. The van der Waals surface area contributed by atoms with Crippen molar-refractivity contribution in [2.24, 2.45) is 58.2 Å². The van der Waals surface area contributed by atoms with E-state index in [1.54, 1.807) is 0 Å². The third kappa shape index (κ3) is 6.42. The van der Waals surface area contributed by atoms with Crippen molar-refractivity contribution in [1.82, 2.24) is 14.8 Å². The minimum atomic E-state index is -0.825. The molecule has 6 fully saturated rings. The number of para-hydroxylation sites is 1.